The van der Waals surface area contributed by atoms with Crippen molar-refractivity contribution in [1.29, 1.82) is 0 Å². The van der Waals surface area contributed by atoms with Gasteiger partial charge in [-0.25, -0.2) is 0 Å². The molecule has 1 heterocycles. The topological polar surface area (TPSA) is 3.24 Å². The SMILES string of the molecule is CC1CCCN(CC(C)Cc2ccc3ccccc3c2)C1. The molecule has 112 valence electrons. The third kappa shape index (κ3) is 3.85. The van der Waals surface area contributed by atoms with Gasteiger partial charge in [-0.05, 0) is 54.0 Å². The first kappa shape index (κ1) is 14.6. The largest absolute Gasteiger partial charge is 0.303 e. The minimum Gasteiger partial charge on any atom is -0.303 e. The summed E-state index contributed by atoms with van der Waals surface area (Å²) in [4.78, 5) is 2.67. The predicted octanol–water partition coefficient (Wildman–Crippen LogP) is 4.75. The highest BCUT2D eigenvalue weighted by atomic mass is 15.1. The van der Waals surface area contributed by atoms with Gasteiger partial charge in [0.15, 0.2) is 0 Å². The standard InChI is InChI=1S/C20H27N/c1-16-6-5-11-21(14-16)15-17(2)12-18-9-10-19-7-3-4-8-20(19)13-18/h3-4,7-10,13,16-17H,5-6,11-12,14-15H2,1-2H3. The van der Waals surface area contributed by atoms with Gasteiger partial charge in [-0.3, -0.25) is 0 Å². The van der Waals surface area contributed by atoms with Crippen molar-refractivity contribution in [3.8, 4) is 0 Å². The Morgan fingerprint density at radius 2 is 1.95 bits per heavy atom. The smallest absolute Gasteiger partial charge is 0.00103 e. The van der Waals surface area contributed by atoms with E-state index in [-0.39, 0.29) is 0 Å². The van der Waals surface area contributed by atoms with E-state index in [2.05, 4.69) is 61.2 Å². The average molecular weight is 281 g/mol. The number of hydrogen-bond donors (Lipinski definition) is 0. The van der Waals surface area contributed by atoms with Crippen LogP contribution in [0.1, 0.15) is 32.3 Å². The summed E-state index contributed by atoms with van der Waals surface area (Å²) in [5.74, 6) is 1.61. The molecule has 0 N–H and O–H groups in total. The zero-order chi connectivity index (χ0) is 14.7. The highest BCUT2D eigenvalue weighted by Gasteiger charge is 2.18. The fourth-order valence-electron chi connectivity index (χ4n) is 3.73. The molecule has 1 heteroatoms. The molecule has 3 rings (SSSR count). The van der Waals surface area contributed by atoms with Gasteiger partial charge in [-0.15, -0.1) is 0 Å². The van der Waals surface area contributed by atoms with Crippen LogP contribution in [0.25, 0.3) is 10.8 Å². The average Bonchev–Trinajstić information content (AvgIpc) is 2.47. The van der Waals surface area contributed by atoms with Crippen molar-refractivity contribution in [2.75, 3.05) is 19.6 Å². The first-order chi connectivity index (χ1) is 10.2. The number of hydrogen-bond acceptors (Lipinski definition) is 1. The molecule has 2 aromatic carbocycles. The Morgan fingerprint density at radius 3 is 2.76 bits per heavy atom. The molecule has 1 fully saturated rings. The van der Waals surface area contributed by atoms with Crippen LogP contribution in [0.15, 0.2) is 42.5 Å². The van der Waals surface area contributed by atoms with E-state index in [1.165, 1.54) is 55.2 Å². The zero-order valence-corrected chi connectivity index (χ0v) is 13.4. The maximum absolute atomic E-state index is 2.67. The lowest BCUT2D eigenvalue weighted by atomic mass is 9.95. The molecule has 2 atom stereocenters. The molecule has 0 bridgehead atoms. The number of rotatable bonds is 4. The van der Waals surface area contributed by atoms with E-state index in [0.29, 0.717) is 0 Å². The highest BCUT2D eigenvalue weighted by molar-refractivity contribution is 5.82. The monoisotopic (exact) mass is 281 g/mol. The summed E-state index contributed by atoms with van der Waals surface area (Å²) in [6, 6.07) is 15.6. The molecule has 0 aliphatic carbocycles. The summed E-state index contributed by atoms with van der Waals surface area (Å²) < 4.78 is 0. The van der Waals surface area contributed by atoms with Crippen LogP contribution in [0.2, 0.25) is 0 Å². The molecule has 1 aliphatic heterocycles. The molecule has 0 radical (unpaired) electrons. The second kappa shape index (κ2) is 6.62. The van der Waals surface area contributed by atoms with Crippen LogP contribution in [0, 0.1) is 11.8 Å². The molecule has 0 saturated carbocycles. The maximum atomic E-state index is 2.67. The number of benzene rings is 2. The molecule has 2 aromatic rings. The second-order valence-corrected chi connectivity index (χ2v) is 7.00. The van der Waals surface area contributed by atoms with Gasteiger partial charge in [0.1, 0.15) is 0 Å². The predicted molar refractivity (Wildman–Crippen MR) is 91.7 cm³/mol. The van der Waals surface area contributed by atoms with E-state index in [4.69, 9.17) is 0 Å². The van der Waals surface area contributed by atoms with Crippen molar-refractivity contribution in [2.45, 2.75) is 33.1 Å². The minimum atomic E-state index is 0.733. The van der Waals surface area contributed by atoms with Crippen LogP contribution < -0.4 is 0 Å². The Morgan fingerprint density at radius 1 is 1.14 bits per heavy atom. The summed E-state index contributed by atoms with van der Waals surface area (Å²) in [5, 5.41) is 2.72. The van der Waals surface area contributed by atoms with Gasteiger partial charge < -0.3 is 4.90 Å². The van der Waals surface area contributed by atoms with Gasteiger partial charge in [-0.1, -0.05) is 56.3 Å². The van der Waals surface area contributed by atoms with E-state index in [9.17, 15) is 0 Å². The van der Waals surface area contributed by atoms with Gasteiger partial charge in [0.25, 0.3) is 0 Å². The van der Waals surface area contributed by atoms with Gasteiger partial charge in [0, 0.05) is 13.1 Å². The summed E-state index contributed by atoms with van der Waals surface area (Å²) in [6.07, 6.45) is 3.98. The quantitative estimate of drug-likeness (QED) is 0.781. The van der Waals surface area contributed by atoms with Crippen LogP contribution >= 0.6 is 0 Å². The van der Waals surface area contributed by atoms with E-state index < -0.39 is 0 Å². The third-order valence-electron chi connectivity index (χ3n) is 4.71. The molecule has 1 aliphatic rings. The fraction of sp³-hybridized carbons (Fsp3) is 0.500. The van der Waals surface area contributed by atoms with E-state index in [1.807, 2.05) is 0 Å². The van der Waals surface area contributed by atoms with Crippen molar-refractivity contribution in [3.05, 3.63) is 48.0 Å². The van der Waals surface area contributed by atoms with Crippen LogP contribution in [0.3, 0.4) is 0 Å². The molecule has 21 heavy (non-hydrogen) atoms. The molecule has 2 unspecified atom stereocenters. The van der Waals surface area contributed by atoms with E-state index in [0.717, 1.165) is 11.8 Å². The van der Waals surface area contributed by atoms with Gasteiger partial charge in [-0.2, -0.15) is 0 Å². The number of piperidine rings is 1. The Balaban J connectivity index is 1.61. The summed E-state index contributed by atoms with van der Waals surface area (Å²) >= 11 is 0. The summed E-state index contributed by atoms with van der Waals surface area (Å²) in [7, 11) is 0. The van der Waals surface area contributed by atoms with Crippen LogP contribution in [-0.4, -0.2) is 24.5 Å². The van der Waals surface area contributed by atoms with Crippen molar-refractivity contribution in [1.82, 2.24) is 4.90 Å². The van der Waals surface area contributed by atoms with Crippen LogP contribution in [0.4, 0.5) is 0 Å². The molecule has 0 spiro atoms. The number of fused-ring (bicyclic) bond motifs is 1. The van der Waals surface area contributed by atoms with Gasteiger partial charge in [0.05, 0.1) is 0 Å². The first-order valence-electron chi connectivity index (χ1n) is 8.41. The Bertz CT molecular complexity index is 589. The third-order valence-corrected chi connectivity index (χ3v) is 4.71. The van der Waals surface area contributed by atoms with E-state index >= 15 is 0 Å². The Kier molecular flexibility index (Phi) is 4.60. The van der Waals surface area contributed by atoms with Gasteiger partial charge >= 0.3 is 0 Å². The molecule has 0 amide bonds. The number of nitrogens with zero attached hydrogens (tertiary/aromatic N) is 1. The Labute approximate surface area is 129 Å². The normalized spacial score (nSPS) is 21.5. The molecule has 1 saturated heterocycles. The highest BCUT2D eigenvalue weighted by Crippen LogP contribution is 2.20. The molecule has 0 aromatic heterocycles. The minimum absolute atomic E-state index is 0.733. The van der Waals surface area contributed by atoms with Crippen LogP contribution in [-0.2, 0) is 6.42 Å². The van der Waals surface area contributed by atoms with Crippen molar-refractivity contribution >= 4 is 10.8 Å². The van der Waals surface area contributed by atoms with E-state index in [1.54, 1.807) is 0 Å². The van der Waals surface area contributed by atoms with Crippen LogP contribution in [0.5, 0.6) is 0 Å². The van der Waals surface area contributed by atoms with Gasteiger partial charge in [0.2, 0.25) is 0 Å². The van der Waals surface area contributed by atoms with Crippen molar-refractivity contribution < 1.29 is 0 Å². The maximum Gasteiger partial charge on any atom is 0.00103 e. The van der Waals surface area contributed by atoms with Crippen molar-refractivity contribution in [3.63, 3.8) is 0 Å². The lowest BCUT2D eigenvalue weighted by Crippen LogP contribution is -2.37. The molecular weight excluding hydrogens is 254 g/mol. The molecular formula is C20H27N. The molecule has 1 nitrogen and oxygen atoms in total. The summed E-state index contributed by atoms with van der Waals surface area (Å²) in [5.41, 5.74) is 1.48. The zero-order valence-electron chi connectivity index (χ0n) is 13.4. The first-order valence-corrected chi connectivity index (χ1v) is 8.41. The summed E-state index contributed by atoms with van der Waals surface area (Å²) in [6.45, 7) is 8.63. The second-order valence-electron chi connectivity index (χ2n) is 7.00. The lowest BCUT2D eigenvalue weighted by Gasteiger charge is -2.32. The van der Waals surface area contributed by atoms with Crippen molar-refractivity contribution in [2.24, 2.45) is 11.8 Å². The lowest BCUT2D eigenvalue weighted by molar-refractivity contribution is 0.162. The Hall–Kier alpha value is -1.34. The fourth-order valence-corrected chi connectivity index (χ4v) is 3.73. The number of likely N-dealkylation sites (tertiary alicyclic amines) is 1.